The predicted octanol–water partition coefficient (Wildman–Crippen LogP) is 3.23. The normalized spacial score (nSPS) is 27.3. The van der Waals surface area contributed by atoms with Crippen molar-refractivity contribution in [1.82, 2.24) is 20.4 Å². The van der Waals surface area contributed by atoms with Gasteiger partial charge in [0.1, 0.15) is 11.6 Å². The van der Waals surface area contributed by atoms with Gasteiger partial charge < -0.3 is 14.5 Å². The molecule has 172 valence electrons. The largest absolute Gasteiger partial charge is 0.484 e. The van der Waals surface area contributed by atoms with Gasteiger partial charge in [-0.1, -0.05) is 11.6 Å². The first-order chi connectivity index (χ1) is 15.1. The van der Waals surface area contributed by atoms with Gasteiger partial charge in [-0.05, 0) is 31.4 Å². The lowest BCUT2D eigenvalue weighted by Gasteiger charge is -2.68. The Hall–Kier alpha value is -2.40. The number of amides is 1. The number of hydrogen-bond acceptors (Lipinski definition) is 6. The van der Waals surface area contributed by atoms with Gasteiger partial charge in [-0.3, -0.25) is 9.69 Å². The van der Waals surface area contributed by atoms with Crippen LogP contribution in [0.5, 0.6) is 5.75 Å². The Morgan fingerprint density at radius 2 is 2.00 bits per heavy atom. The van der Waals surface area contributed by atoms with E-state index in [0.717, 1.165) is 6.07 Å². The molecule has 7 nitrogen and oxygen atoms in total. The number of benzene rings is 1. The van der Waals surface area contributed by atoms with E-state index < -0.39 is 17.9 Å². The molecule has 0 radical (unpaired) electrons. The molecular weight excluding hydrogens is 456 g/mol. The second-order valence-electron chi connectivity index (χ2n) is 8.94. The number of carbonyl (C=O) groups excluding carboxylic acids is 1. The topological polar surface area (TPSA) is 80.5 Å². The molecule has 1 amide bonds. The molecule has 6 rings (SSSR count). The predicted molar refractivity (Wildman–Crippen MR) is 102 cm³/mol. The Labute approximate surface area is 185 Å². The fraction of sp³-hybridized carbons (Fsp3) is 0.550. The van der Waals surface area contributed by atoms with Crippen LogP contribution in [0.25, 0.3) is 0 Å². The maximum atomic E-state index is 13.4. The molecule has 1 aromatic carbocycles. The molecule has 1 saturated heterocycles. The van der Waals surface area contributed by atoms with Gasteiger partial charge in [0, 0.05) is 24.7 Å². The molecule has 4 aliphatic rings. The Bertz CT molecular complexity index is 1030. The summed E-state index contributed by atoms with van der Waals surface area (Å²) in [6.07, 6.45) is -2.24. The zero-order valence-electron chi connectivity index (χ0n) is 16.7. The van der Waals surface area contributed by atoms with Crippen molar-refractivity contribution in [2.45, 2.75) is 42.9 Å². The first-order valence-corrected chi connectivity index (χ1v) is 10.4. The molecule has 3 aliphatic carbocycles. The van der Waals surface area contributed by atoms with E-state index in [1.165, 1.54) is 12.1 Å². The second-order valence-corrected chi connectivity index (χ2v) is 9.34. The quantitative estimate of drug-likeness (QED) is 0.621. The number of aromatic nitrogens is 2. The highest BCUT2D eigenvalue weighted by Crippen LogP contribution is 2.67. The zero-order chi connectivity index (χ0) is 22.7. The highest BCUT2D eigenvalue weighted by Gasteiger charge is 2.71. The van der Waals surface area contributed by atoms with Gasteiger partial charge in [-0.25, -0.2) is 4.39 Å². The van der Waals surface area contributed by atoms with Gasteiger partial charge in [0.15, 0.2) is 6.61 Å². The van der Waals surface area contributed by atoms with E-state index in [2.05, 4.69) is 15.5 Å². The third kappa shape index (κ3) is 3.81. The zero-order valence-corrected chi connectivity index (χ0v) is 17.5. The fourth-order valence-corrected chi connectivity index (χ4v) is 4.94. The summed E-state index contributed by atoms with van der Waals surface area (Å²) >= 11 is 5.61. The molecule has 0 unspecified atom stereocenters. The van der Waals surface area contributed by atoms with E-state index in [9.17, 15) is 22.4 Å². The third-order valence-electron chi connectivity index (χ3n) is 6.40. The van der Waals surface area contributed by atoms with Crippen LogP contribution in [0.15, 0.2) is 22.6 Å². The van der Waals surface area contributed by atoms with Gasteiger partial charge in [0.2, 0.25) is 11.8 Å². The Morgan fingerprint density at radius 1 is 1.28 bits per heavy atom. The lowest BCUT2D eigenvalue weighted by molar-refractivity contribution is -0.210. The van der Waals surface area contributed by atoms with Gasteiger partial charge in [-0.15, -0.1) is 10.2 Å². The van der Waals surface area contributed by atoms with Crippen LogP contribution >= 0.6 is 11.6 Å². The highest BCUT2D eigenvalue weighted by atomic mass is 35.5. The SMILES string of the molecule is O=C(COc1ccc(Cl)c(F)c1)NC12CC(c3nnc(CN4CC(C(F)(F)F)C4)o3)(C1)C2. The Morgan fingerprint density at radius 3 is 2.66 bits per heavy atom. The molecule has 1 aliphatic heterocycles. The van der Waals surface area contributed by atoms with E-state index in [1.54, 1.807) is 4.90 Å². The highest BCUT2D eigenvalue weighted by molar-refractivity contribution is 6.30. The van der Waals surface area contributed by atoms with Crippen molar-refractivity contribution in [2.24, 2.45) is 5.92 Å². The summed E-state index contributed by atoms with van der Waals surface area (Å²) in [7, 11) is 0. The Kier molecular flexibility index (Phi) is 4.90. The molecule has 1 aromatic heterocycles. The molecule has 1 N–H and O–H groups in total. The molecule has 0 atom stereocenters. The lowest BCUT2D eigenvalue weighted by Crippen LogP contribution is -2.77. The Balaban J connectivity index is 1.08. The van der Waals surface area contributed by atoms with Gasteiger partial charge in [0.05, 0.1) is 22.9 Å². The molecule has 0 spiro atoms. The molecule has 2 aromatic rings. The molecule has 2 bridgehead atoms. The van der Waals surface area contributed by atoms with E-state index in [1.807, 2.05) is 0 Å². The number of alkyl halides is 3. The number of carbonyl (C=O) groups is 1. The van der Waals surface area contributed by atoms with Crippen LogP contribution < -0.4 is 10.1 Å². The van der Waals surface area contributed by atoms with Crippen molar-refractivity contribution in [3.63, 3.8) is 0 Å². The molecule has 3 saturated carbocycles. The number of nitrogens with zero attached hydrogens (tertiary/aromatic N) is 3. The van der Waals surface area contributed by atoms with Crippen LogP contribution in [0, 0.1) is 11.7 Å². The fourth-order valence-electron chi connectivity index (χ4n) is 4.82. The second kappa shape index (κ2) is 7.31. The van der Waals surface area contributed by atoms with E-state index in [-0.39, 0.29) is 53.9 Å². The molecular formula is C20H19ClF4N4O3. The van der Waals surface area contributed by atoms with Crippen molar-refractivity contribution >= 4 is 17.5 Å². The summed E-state index contributed by atoms with van der Waals surface area (Å²) < 4.78 is 62.2. The van der Waals surface area contributed by atoms with Crippen molar-refractivity contribution < 1.29 is 31.5 Å². The molecule has 32 heavy (non-hydrogen) atoms. The van der Waals surface area contributed by atoms with Gasteiger partial charge in [-0.2, -0.15) is 13.2 Å². The summed E-state index contributed by atoms with van der Waals surface area (Å²) in [6.45, 7) is -0.187. The standard InChI is InChI=1S/C20H19ClF4N4O3/c21-13-2-1-12(3-14(13)22)31-7-15(30)26-19-8-18(9-19,10-19)17-28-27-16(32-17)6-29-4-11(5-29)20(23,24)25/h1-3,11H,4-10H2,(H,26,30). The van der Waals surface area contributed by atoms with E-state index in [4.69, 9.17) is 20.8 Å². The monoisotopic (exact) mass is 474 g/mol. The number of halogens is 5. The van der Waals surface area contributed by atoms with Crippen LogP contribution in [0.3, 0.4) is 0 Å². The lowest BCUT2D eigenvalue weighted by atomic mass is 9.39. The average Bonchev–Trinajstić information content (AvgIpc) is 3.08. The van der Waals surface area contributed by atoms with Crippen LogP contribution in [0.2, 0.25) is 5.02 Å². The summed E-state index contributed by atoms with van der Waals surface area (Å²) in [5, 5.41) is 11.0. The summed E-state index contributed by atoms with van der Waals surface area (Å²) in [5.74, 6) is -1.28. The summed E-state index contributed by atoms with van der Waals surface area (Å²) in [5.41, 5.74) is -0.639. The molecule has 12 heteroatoms. The van der Waals surface area contributed by atoms with Crippen molar-refractivity contribution in [3.05, 3.63) is 40.8 Å². The average molecular weight is 475 g/mol. The summed E-state index contributed by atoms with van der Waals surface area (Å²) in [4.78, 5) is 13.8. The van der Waals surface area contributed by atoms with Crippen molar-refractivity contribution in [1.29, 1.82) is 0 Å². The maximum Gasteiger partial charge on any atom is 0.394 e. The van der Waals surface area contributed by atoms with Crippen molar-refractivity contribution in [2.75, 3.05) is 19.7 Å². The third-order valence-corrected chi connectivity index (χ3v) is 6.70. The van der Waals surface area contributed by atoms with Crippen LogP contribution in [-0.2, 0) is 16.8 Å². The minimum Gasteiger partial charge on any atom is -0.484 e. The van der Waals surface area contributed by atoms with Crippen molar-refractivity contribution in [3.8, 4) is 5.75 Å². The molecule has 2 heterocycles. The molecule has 4 fully saturated rings. The minimum absolute atomic E-state index is 0.0273. The van der Waals surface area contributed by atoms with Crippen LogP contribution in [0.4, 0.5) is 17.6 Å². The first kappa shape index (κ1) is 21.4. The van der Waals surface area contributed by atoms with Crippen LogP contribution in [-0.4, -0.2) is 52.4 Å². The maximum absolute atomic E-state index is 13.4. The summed E-state index contributed by atoms with van der Waals surface area (Å²) in [6, 6.07) is 3.94. The first-order valence-electron chi connectivity index (χ1n) is 10.1. The van der Waals surface area contributed by atoms with E-state index >= 15 is 0 Å². The number of rotatable bonds is 7. The smallest absolute Gasteiger partial charge is 0.394 e. The van der Waals surface area contributed by atoms with Gasteiger partial charge in [0.25, 0.3) is 5.91 Å². The number of ether oxygens (including phenoxy) is 1. The van der Waals surface area contributed by atoms with E-state index in [0.29, 0.717) is 31.0 Å². The minimum atomic E-state index is -4.17. The van der Waals surface area contributed by atoms with Crippen LogP contribution in [0.1, 0.15) is 31.0 Å². The number of hydrogen-bond donors (Lipinski definition) is 1. The number of nitrogens with one attached hydrogen (secondary N) is 1. The van der Waals surface area contributed by atoms with Gasteiger partial charge >= 0.3 is 6.18 Å². The number of likely N-dealkylation sites (tertiary alicyclic amines) is 1.